The molecule has 3 rings (SSSR count). The number of rotatable bonds is 6. The van der Waals surface area contributed by atoms with Crippen LogP contribution in [0.3, 0.4) is 0 Å². The van der Waals surface area contributed by atoms with Crippen LogP contribution in [0.15, 0.2) is 41.3 Å². The third kappa shape index (κ3) is 4.63. The maximum absolute atomic E-state index is 15.4. The molecule has 0 fully saturated rings. The van der Waals surface area contributed by atoms with Gasteiger partial charge in [0.2, 0.25) is 0 Å². The predicted molar refractivity (Wildman–Crippen MR) is 136 cm³/mol. The lowest BCUT2D eigenvalue weighted by Gasteiger charge is -2.43. The highest BCUT2D eigenvalue weighted by molar-refractivity contribution is 5.90. The Morgan fingerprint density at radius 1 is 0.912 bits per heavy atom. The van der Waals surface area contributed by atoms with Crippen LogP contribution in [0.1, 0.15) is 54.5 Å². The van der Waals surface area contributed by atoms with E-state index in [9.17, 15) is 4.79 Å². The first kappa shape index (κ1) is 25.6. The molecule has 34 heavy (non-hydrogen) atoms. The van der Waals surface area contributed by atoms with E-state index >= 15 is 4.39 Å². The van der Waals surface area contributed by atoms with E-state index in [-0.39, 0.29) is 22.3 Å². The lowest BCUT2D eigenvalue weighted by molar-refractivity contribution is 0.114. The Bertz CT molecular complexity index is 1230. The highest BCUT2D eigenvalue weighted by atomic mass is 19.1. The molecule has 0 spiro atoms. The first-order chi connectivity index (χ1) is 15.8. The maximum Gasteiger partial charge on any atom is 0.200 e. The largest absolute Gasteiger partial charge is 0.497 e. The Kier molecular flexibility index (Phi) is 7.02. The van der Waals surface area contributed by atoms with Crippen LogP contribution in [0, 0.1) is 16.6 Å². The molecule has 2 aromatic carbocycles. The van der Waals surface area contributed by atoms with Crippen LogP contribution >= 0.6 is 0 Å². The summed E-state index contributed by atoms with van der Waals surface area (Å²) in [4.78, 5) is 13.8. The number of hydrogen-bond donors (Lipinski definition) is 0. The van der Waals surface area contributed by atoms with Crippen LogP contribution < -0.4 is 19.6 Å². The third-order valence-electron chi connectivity index (χ3n) is 6.01. The minimum absolute atomic E-state index is 0.0137. The zero-order valence-electron chi connectivity index (χ0n) is 21.7. The zero-order chi connectivity index (χ0) is 25.4. The number of aromatic nitrogens is 1. The lowest BCUT2D eigenvalue weighted by Crippen LogP contribution is -2.36. The Morgan fingerprint density at radius 3 is 2.09 bits per heavy atom. The zero-order valence-corrected chi connectivity index (χ0v) is 21.7. The number of halogens is 1. The van der Waals surface area contributed by atoms with Crippen molar-refractivity contribution in [2.75, 3.05) is 20.8 Å². The molecule has 184 valence electrons. The molecule has 6 heteroatoms. The molecule has 0 N–H and O–H groups in total. The van der Waals surface area contributed by atoms with E-state index < -0.39 is 11.2 Å². The fraction of sp³-hybridized carbons (Fsp3) is 0.464. The van der Waals surface area contributed by atoms with Crippen LogP contribution in [0.2, 0.25) is 0 Å². The van der Waals surface area contributed by atoms with Gasteiger partial charge in [-0.1, -0.05) is 41.5 Å². The molecule has 0 amide bonds. The minimum atomic E-state index is -0.576. The molecule has 0 aliphatic carbocycles. The van der Waals surface area contributed by atoms with Gasteiger partial charge in [0.15, 0.2) is 5.43 Å². The van der Waals surface area contributed by atoms with E-state index in [2.05, 4.69) is 41.5 Å². The predicted octanol–water partition coefficient (Wildman–Crippen LogP) is 6.86. The second-order valence-electron chi connectivity index (χ2n) is 10.7. The summed E-state index contributed by atoms with van der Waals surface area (Å²) in [6.45, 7) is 15.2. The Labute approximate surface area is 201 Å². The van der Waals surface area contributed by atoms with Crippen LogP contribution in [-0.4, -0.2) is 25.4 Å². The summed E-state index contributed by atoms with van der Waals surface area (Å²) in [5.41, 5.74) is 0.576. The Hall–Kier alpha value is -3.02. The number of ether oxygens (including phenoxy) is 3. The summed E-state index contributed by atoms with van der Waals surface area (Å²) in [7, 11) is 3.11. The number of fused-ring (bicyclic) bond motifs is 1. The van der Waals surface area contributed by atoms with Crippen LogP contribution in [0.4, 0.5) is 4.39 Å². The van der Waals surface area contributed by atoms with Gasteiger partial charge in [0, 0.05) is 29.4 Å². The number of nitrogens with zero attached hydrogens (tertiary/aromatic N) is 1. The van der Waals surface area contributed by atoms with Gasteiger partial charge >= 0.3 is 0 Å². The molecule has 0 atom stereocenters. The van der Waals surface area contributed by atoms with Crippen LogP contribution in [0.5, 0.6) is 17.2 Å². The van der Waals surface area contributed by atoms with Gasteiger partial charge in [0.1, 0.15) is 23.1 Å². The monoisotopic (exact) mass is 469 g/mol. The molecule has 0 saturated carbocycles. The molecule has 0 radical (unpaired) electrons. The van der Waals surface area contributed by atoms with Crippen LogP contribution in [-0.2, 0) is 0 Å². The SMILES string of the molecule is CCOc1ccc(F)c2c(=O)c(-c3ccc(OC)cc3OC)cn(C(C(C)(C)C)C(C)(C)C)c12. The molecule has 0 unspecified atom stereocenters. The van der Waals surface area contributed by atoms with Gasteiger partial charge in [-0.3, -0.25) is 4.79 Å². The molecule has 1 aromatic heterocycles. The van der Waals surface area contributed by atoms with Gasteiger partial charge in [-0.15, -0.1) is 0 Å². The average molecular weight is 470 g/mol. The Morgan fingerprint density at radius 2 is 1.56 bits per heavy atom. The topological polar surface area (TPSA) is 49.7 Å². The molecular weight excluding hydrogens is 433 g/mol. The van der Waals surface area contributed by atoms with Crippen molar-refractivity contribution in [1.82, 2.24) is 4.57 Å². The van der Waals surface area contributed by atoms with Crippen molar-refractivity contribution in [2.45, 2.75) is 54.5 Å². The molecule has 0 saturated heterocycles. The van der Waals surface area contributed by atoms with Gasteiger partial charge in [0.05, 0.1) is 31.7 Å². The van der Waals surface area contributed by atoms with Crippen molar-refractivity contribution in [2.24, 2.45) is 10.8 Å². The van der Waals surface area contributed by atoms with Crippen molar-refractivity contribution in [3.05, 3.63) is 52.6 Å². The van der Waals surface area contributed by atoms with Crippen molar-refractivity contribution >= 4 is 10.9 Å². The maximum atomic E-state index is 15.4. The highest BCUT2D eigenvalue weighted by Crippen LogP contribution is 2.47. The van der Waals surface area contributed by atoms with E-state index in [0.717, 1.165) is 0 Å². The second-order valence-corrected chi connectivity index (χ2v) is 10.7. The molecule has 5 nitrogen and oxygen atoms in total. The fourth-order valence-electron chi connectivity index (χ4n) is 5.24. The number of pyridine rings is 1. The summed E-state index contributed by atoms with van der Waals surface area (Å²) in [6, 6.07) is 8.08. The normalized spacial score (nSPS) is 12.3. The van der Waals surface area contributed by atoms with Gasteiger partial charge in [-0.05, 0) is 42.0 Å². The van der Waals surface area contributed by atoms with E-state index in [1.165, 1.54) is 6.07 Å². The van der Waals surface area contributed by atoms with Crippen molar-refractivity contribution < 1.29 is 18.6 Å². The van der Waals surface area contributed by atoms with Crippen LogP contribution in [0.25, 0.3) is 22.0 Å². The van der Waals surface area contributed by atoms with Gasteiger partial charge in [-0.25, -0.2) is 4.39 Å². The summed E-state index contributed by atoms with van der Waals surface area (Å²) in [5, 5.41) is 0.0137. The molecular formula is C28H36FNO4. The summed E-state index contributed by atoms with van der Waals surface area (Å²) < 4.78 is 34.2. The fourth-order valence-corrected chi connectivity index (χ4v) is 5.24. The first-order valence-electron chi connectivity index (χ1n) is 11.6. The van der Waals surface area contributed by atoms with E-state index in [0.29, 0.717) is 40.5 Å². The standard InChI is InChI=1S/C28H36FNO4/c1-10-34-21-14-13-20(29)23-24(21)30(26(27(2,3)4)28(5,6)7)16-19(25(23)31)18-12-11-17(32-8)15-22(18)33-9/h11-16,26H,10H2,1-9H3. The first-order valence-corrected chi connectivity index (χ1v) is 11.6. The molecule has 1 heterocycles. The van der Waals surface area contributed by atoms with Gasteiger partial charge < -0.3 is 18.8 Å². The summed E-state index contributed by atoms with van der Waals surface area (Å²) in [5.74, 6) is 0.997. The highest BCUT2D eigenvalue weighted by Gasteiger charge is 2.38. The van der Waals surface area contributed by atoms with Crippen molar-refractivity contribution in [3.8, 4) is 28.4 Å². The van der Waals surface area contributed by atoms with E-state index in [4.69, 9.17) is 14.2 Å². The molecule has 0 aliphatic rings. The van der Waals surface area contributed by atoms with Gasteiger partial charge in [0.25, 0.3) is 0 Å². The molecule has 3 aromatic rings. The minimum Gasteiger partial charge on any atom is -0.497 e. The Balaban J connectivity index is 2.56. The summed E-state index contributed by atoms with van der Waals surface area (Å²) >= 11 is 0. The van der Waals surface area contributed by atoms with Crippen molar-refractivity contribution in [1.29, 1.82) is 0 Å². The quantitative estimate of drug-likeness (QED) is 0.396. The van der Waals surface area contributed by atoms with E-state index in [1.807, 2.05) is 17.7 Å². The summed E-state index contributed by atoms with van der Waals surface area (Å²) in [6.07, 6.45) is 1.83. The third-order valence-corrected chi connectivity index (χ3v) is 6.01. The lowest BCUT2D eigenvalue weighted by atomic mass is 9.71. The second kappa shape index (κ2) is 9.32. The number of hydrogen-bond acceptors (Lipinski definition) is 4. The smallest absolute Gasteiger partial charge is 0.200 e. The molecule has 0 aliphatic heterocycles. The van der Waals surface area contributed by atoms with Crippen molar-refractivity contribution in [3.63, 3.8) is 0 Å². The molecule has 0 bridgehead atoms. The number of methoxy groups -OCH3 is 2. The van der Waals surface area contributed by atoms with Gasteiger partial charge in [-0.2, -0.15) is 0 Å². The van der Waals surface area contributed by atoms with E-state index in [1.54, 1.807) is 38.5 Å². The average Bonchev–Trinajstić information content (AvgIpc) is 2.74. The number of benzene rings is 2.